The molecular formula is C20H15B. The van der Waals surface area contributed by atoms with Gasteiger partial charge in [-0.1, -0.05) is 78.3 Å². The predicted molar refractivity (Wildman–Crippen MR) is 95.1 cm³/mol. The monoisotopic (exact) mass is 266 g/mol. The van der Waals surface area contributed by atoms with Gasteiger partial charge >= 0.3 is 0 Å². The van der Waals surface area contributed by atoms with Crippen LogP contribution in [-0.4, -0.2) is 7.85 Å². The van der Waals surface area contributed by atoms with Gasteiger partial charge in [0.05, 0.1) is 0 Å². The Morgan fingerprint density at radius 1 is 0.524 bits per heavy atom. The first-order chi connectivity index (χ1) is 10.3. The number of hydrogen-bond donors (Lipinski definition) is 0. The highest BCUT2D eigenvalue weighted by Crippen LogP contribution is 2.29. The number of fused-ring (bicyclic) bond motifs is 3. The van der Waals surface area contributed by atoms with E-state index in [9.17, 15) is 0 Å². The molecule has 0 aromatic heterocycles. The lowest BCUT2D eigenvalue weighted by Crippen LogP contribution is -1.99. The molecule has 0 bridgehead atoms. The molecule has 0 fully saturated rings. The summed E-state index contributed by atoms with van der Waals surface area (Å²) in [6.07, 6.45) is 0. The van der Waals surface area contributed by atoms with Gasteiger partial charge in [0.15, 0.2) is 0 Å². The third kappa shape index (κ3) is 2.11. The first-order valence-corrected chi connectivity index (χ1v) is 7.30. The third-order valence-corrected chi connectivity index (χ3v) is 4.13. The molecule has 0 spiro atoms. The summed E-state index contributed by atoms with van der Waals surface area (Å²) in [5.74, 6) is 0. The van der Waals surface area contributed by atoms with Gasteiger partial charge < -0.3 is 0 Å². The first-order valence-electron chi connectivity index (χ1n) is 7.30. The third-order valence-electron chi connectivity index (χ3n) is 4.13. The van der Waals surface area contributed by atoms with Crippen LogP contribution in [0, 0.1) is 0 Å². The Morgan fingerprint density at radius 2 is 1.19 bits per heavy atom. The zero-order valence-electron chi connectivity index (χ0n) is 12.0. The van der Waals surface area contributed by atoms with Gasteiger partial charge in [-0.15, -0.1) is 0 Å². The molecule has 0 atom stereocenters. The van der Waals surface area contributed by atoms with Crippen LogP contribution in [0.1, 0.15) is 0 Å². The van der Waals surface area contributed by atoms with Crippen LogP contribution in [0.3, 0.4) is 0 Å². The molecule has 0 aliphatic heterocycles. The second kappa shape index (κ2) is 4.78. The maximum Gasteiger partial charge on any atom is 0.139 e. The van der Waals surface area contributed by atoms with Gasteiger partial charge in [-0.05, 0) is 38.7 Å². The van der Waals surface area contributed by atoms with Gasteiger partial charge in [-0.25, -0.2) is 0 Å². The highest BCUT2D eigenvalue weighted by Gasteiger charge is 2.03. The molecule has 98 valence electrons. The largest absolute Gasteiger partial charge is 0.139 e. The fourth-order valence-corrected chi connectivity index (χ4v) is 2.94. The predicted octanol–water partition coefficient (Wildman–Crippen LogP) is 3.92. The summed E-state index contributed by atoms with van der Waals surface area (Å²) in [6, 6.07) is 28.5. The average molecular weight is 266 g/mol. The van der Waals surface area contributed by atoms with Crippen LogP contribution in [0.5, 0.6) is 0 Å². The van der Waals surface area contributed by atoms with Gasteiger partial charge in [0, 0.05) is 0 Å². The SMILES string of the molecule is Bc1ccc(-c2ccc3c(ccc4ccccc43)c2)cc1. The minimum Gasteiger partial charge on any atom is -0.0889 e. The van der Waals surface area contributed by atoms with Crippen LogP contribution < -0.4 is 5.46 Å². The van der Waals surface area contributed by atoms with Crippen molar-refractivity contribution in [3.63, 3.8) is 0 Å². The molecule has 0 saturated carbocycles. The zero-order valence-corrected chi connectivity index (χ0v) is 12.0. The Balaban J connectivity index is 1.94. The smallest absolute Gasteiger partial charge is 0.0889 e. The van der Waals surface area contributed by atoms with Gasteiger partial charge in [0.2, 0.25) is 0 Å². The van der Waals surface area contributed by atoms with Crippen molar-refractivity contribution in [1.82, 2.24) is 0 Å². The summed E-state index contributed by atoms with van der Waals surface area (Å²) in [5, 5.41) is 5.24. The van der Waals surface area contributed by atoms with Crippen LogP contribution >= 0.6 is 0 Å². The first kappa shape index (κ1) is 12.2. The van der Waals surface area contributed by atoms with Gasteiger partial charge in [-0.3, -0.25) is 0 Å². The summed E-state index contributed by atoms with van der Waals surface area (Å²) in [4.78, 5) is 0. The second-order valence-electron chi connectivity index (χ2n) is 5.59. The van der Waals surface area contributed by atoms with Crippen LogP contribution in [0.15, 0.2) is 78.9 Å². The van der Waals surface area contributed by atoms with Crippen molar-refractivity contribution in [3.05, 3.63) is 78.9 Å². The van der Waals surface area contributed by atoms with Crippen molar-refractivity contribution in [1.29, 1.82) is 0 Å². The van der Waals surface area contributed by atoms with Crippen molar-refractivity contribution in [2.24, 2.45) is 0 Å². The van der Waals surface area contributed by atoms with Crippen molar-refractivity contribution >= 4 is 34.9 Å². The Bertz CT molecular complexity index is 937. The molecule has 0 N–H and O–H groups in total. The van der Waals surface area contributed by atoms with E-state index in [0.717, 1.165) is 0 Å². The number of hydrogen-bond acceptors (Lipinski definition) is 0. The topological polar surface area (TPSA) is 0 Å². The lowest BCUT2D eigenvalue weighted by molar-refractivity contribution is 1.67. The summed E-state index contributed by atoms with van der Waals surface area (Å²) in [7, 11) is 2.12. The van der Waals surface area contributed by atoms with E-state index in [1.54, 1.807) is 0 Å². The van der Waals surface area contributed by atoms with Crippen molar-refractivity contribution < 1.29 is 0 Å². The van der Waals surface area contributed by atoms with Crippen LogP contribution in [0.2, 0.25) is 0 Å². The molecule has 0 aliphatic rings. The highest BCUT2D eigenvalue weighted by atomic mass is 14.1. The molecule has 4 rings (SSSR count). The molecule has 21 heavy (non-hydrogen) atoms. The van der Waals surface area contributed by atoms with Gasteiger partial charge in [0.1, 0.15) is 7.85 Å². The van der Waals surface area contributed by atoms with Crippen molar-refractivity contribution in [2.75, 3.05) is 0 Å². The Kier molecular flexibility index (Phi) is 2.78. The van der Waals surface area contributed by atoms with E-state index in [2.05, 4.69) is 86.7 Å². The van der Waals surface area contributed by atoms with Gasteiger partial charge in [0.25, 0.3) is 0 Å². The summed E-state index contributed by atoms with van der Waals surface area (Å²) >= 11 is 0. The van der Waals surface area contributed by atoms with Crippen molar-refractivity contribution in [2.45, 2.75) is 0 Å². The molecule has 0 radical (unpaired) electrons. The fraction of sp³-hybridized carbons (Fsp3) is 0. The maximum atomic E-state index is 2.28. The molecule has 4 aromatic carbocycles. The molecule has 0 heterocycles. The molecule has 0 unspecified atom stereocenters. The normalized spacial score (nSPS) is 11.0. The van der Waals surface area contributed by atoms with E-state index in [4.69, 9.17) is 0 Å². The summed E-state index contributed by atoms with van der Waals surface area (Å²) in [5.41, 5.74) is 3.85. The van der Waals surface area contributed by atoms with Crippen LogP contribution in [0.25, 0.3) is 32.7 Å². The van der Waals surface area contributed by atoms with Crippen LogP contribution in [-0.2, 0) is 0 Å². The van der Waals surface area contributed by atoms with E-state index in [-0.39, 0.29) is 0 Å². The lowest BCUT2D eigenvalue weighted by Gasteiger charge is -2.07. The van der Waals surface area contributed by atoms with E-state index >= 15 is 0 Å². The Labute approximate surface area is 125 Å². The minimum absolute atomic E-state index is 1.27. The maximum absolute atomic E-state index is 2.28. The Hall–Kier alpha value is -2.54. The molecule has 0 saturated heterocycles. The number of rotatable bonds is 1. The summed E-state index contributed by atoms with van der Waals surface area (Å²) < 4.78 is 0. The standard InChI is InChI=1S/C20H15B/c21-18-10-7-14(8-11-18)16-9-12-20-17(13-16)6-5-15-3-1-2-4-19(15)20/h1-13H,21H2. The number of benzene rings is 4. The van der Waals surface area contributed by atoms with E-state index in [1.807, 2.05) is 0 Å². The zero-order chi connectivity index (χ0) is 14.2. The van der Waals surface area contributed by atoms with Gasteiger partial charge in [-0.2, -0.15) is 0 Å². The quantitative estimate of drug-likeness (QED) is 0.362. The molecule has 0 nitrogen and oxygen atoms in total. The highest BCUT2D eigenvalue weighted by molar-refractivity contribution is 6.32. The van der Waals surface area contributed by atoms with Crippen molar-refractivity contribution in [3.8, 4) is 11.1 Å². The molecule has 0 amide bonds. The van der Waals surface area contributed by atoms with E-state index in [1.165, 1.54) is 38.1 Å². The molecule has 4 aromatic rings. The second-order valence-corrected chi connectivity index (χ2v) is 5.59. The van der Waals surface area contributed by atoms with Crippen LogP contribution in [0.4, 0.5) is 0 Å². The Morgan fingerprint density at radius 3 is 2.05 bits per heavy atom. The van der Waals surface area contributed by atoms with E-state index < -0.39 is 0 Å². The minimum atomic E-state index is 1.27. The molecule has 0 aliphatic carbocycles. The summed E-state index contributed by atoms with van der Waals surface area (Å²) in [6.45, 7) is 0. The lowest BCUT2D eigenvalue weighted by atomic mass is 9.92. The fourth-order valence-electron chi connectivity index (χ4n) is 2.94. The van der Waals surface area contributed by atoms with E-state index in [0.29, 0.717) is 0 Å². The molecular weight excluding hydrogens is 251 g/mol. The molecule has 1 heteroatoms. The average Bonchev–Trinajstić information content (AvgIpc) is 2.55.